The van der Waals surface area contributed by atoms with E-state index in [0.29, 0.717) is 16.9 Å². The van der Waals surface area contributed by atoms with Crippen LogP contribution in [-0.4, -0.2) is 54.0 Å². The lowest BCUT2D eigenvalue weighted by Crippen LogP contribution is -2.51. The van der Waals surface area contributed by atoms with E-state index < -0.39 is 5.82 Å². The Bertz CT molecular complexity index is 1400. The average Bonchev–Trinajstić information content (AvgIpc) is 3.56. The molecule has 8 nitrogen and oxygen atoms in total. The van der Waals surface area contributed by atoms with E-state index in [2.05, 4.69) is 20.2 Å². The lowest BCUT2D eigenvalue weighted by atomic mass is 9.98. The van der Waals surface area contributed by atoms with Gasteiger partial charge in [0, 0.05) is 12.1 Å². The zero-order chi connectivity index (χ0) is 23.4. The largest absolute Gasteiger partial charge is 0.471 e. The van der Waals surface area contributed by atoms with Crippen molar-refractivity contribution >= 4 is 16.9 Å². The highest BCUT2D eigenvalue weighted by atomic mass is 19.1. The van der Waals surface area contributed by atoms with Gasteiger partial charge in [0.1, 0.15) is 17.6 Å². The first-order valence-corrected chi connectivity index (χ1v) is 11.1. The van der Waals surface area contributed by atoms with Gasteiger partial charge in [-0.2, -0.15) is 10.2 Å². The number of hydrogen-bond donors (Lipinski definition) is 0. The molecule has 2 bridgehead atoms. The Morgan fingerprint density at radius 3 is 2.71 bits per heavy atom. The van der Waals surface area contributed by atoms with Crippen molar-refractivity contribution in [2.75, 3.05) is 0 Å². The van der Waals surface area contributed by atoms with Crippen LogP contribution < -0.4 is 4.74 Å². The molecular weight excluding hydrogens is 442 g/mol. The molecule has 0 unspecified atom stereocenters. The van der Waals surface area contributed by atoms with Crippen LogP contribution in [0.2, 0.25) is 0 Å². The zero-order valence-electron chi connectivity index (χ0n) is 18.2. The molecule has 34 heavy (non-hydrogen) atoms. The number of hydrogen-bond acceptors (Lipinski definition) is 6. The number of likely N-dealkylation sites (tertiary alicyclic amines) is 1. The molecular formula is C24H20F2N6O2. The summed E-state index contributed by atoms with van der Waals surface area (Å²) in [4.78, 5) is 25.3. The molecule has 2 aliphatic rings. The highest BCUT2D eigenvalue weighted by molar-refractivity contribution is 5.98. The normalized spacial score (nSPS) is 23.6. The maximum atomic E-state index is 14.7. The molecule has 2 fully saturated rings. The van der Waals surface area contributed by atoms with E-state index in [1.165, 1.54) is 42.9 Å². The summed E-state index contributed by atoms with van der Waals surface area (Å²) < 4.78 is 34.3. The van der Waals surface area contributed by atoms with Crippen LogP contribution in [0.4, 0.5) is 8.78 Å². The lowest BCUT2D eigenvalue weighted by molar-refractivity contribution is 0.0313. The van der Waals surface area contributed by atoms with Crippen molar-refractivity contribution in [1.82, 2.24) is 29.9 Å². The quantitative estimate of drug-likeness (QED) is 0.461. The van der Waals surface area contributed by atoms with Gasteiger partial charge in [-0.3, -0.25) is 4.79 Å². The molecule has 1 aliphatic carbocycles. The lowest BCUT2D eigenvalue weighted by Gasteiger charge is -2.38. The van der Waals surface area contributed by atoms with Crippen LogP contribution >= 0.6 is 0 Å². The highest BCUT2D eigenvalue weighted by Crippen LogP contribution is 2.44. The van der Waals surface area contributed by atoms with E-state index in [1.807, 2.05) is 6.92 Å². The van der Waals surface area contributed by atoms with Crippen LogP contribution in [0.1, 0.15) is 30.1 Å². The molecule has 4 atom stereocenters. The van der Waals surface area contributed by atoms with Gasteiger partial charge in [0.15, 0.2) is 5.82 Å². The minimum atomic E-state index is -0.574. The molecule has 6 rings (SSSR count). The van der Waals surface area contributed by atoms with Crippen LogP contribution in [0.25, 0.3) is 16.7 Å². The van der Waals surface area contributed by atoms with E-state index in [-0.39, 0.29) is 47.1 Å². The summed E-state index contributed by atoms with van der Waals surface area (Å²) in [5, 5.41) is 8.03. The Kier molecular flexibility index (Phi) is 4.75. The minimum Gasteiger partial charge on any atom is -0.471 e. The Morgan fingerprint density at radius 2 is 1.91 bits per heavy atom. The zero-order valence-corrected chi connectivity index (χ0v) is 18.2. The van der Waals surface area contributed by atoms with Crippen molar-refractivity contribution < 1.29 is 18.3 Å². The van der Waals surface area contributed by atoms with Crippen molar-refractivity contribution in [3.05, 3.63) is 72.2 Å². The molecule has 3 heterocycles. The van der Waals surface area contributed by atoms with Gasteiger partial charge in [-0.25, -0.2) is 18.7 Å². The summed E-state index contributed by atoms with van der Waals surface area (Å²) in [6, 6.07) is 8.36. The predicted octanol–water partition coefficient (Wildman–Crippen LogP) is 3.56. The Balaban J connectivity index is 1.29. The summed E-state index contributed by atoms with van der Waals surface area (Å²) in [6.45, 7) is 2.01. The number of para-hydroxylation sites is 1. The van der Waals surface area contributed by atoms with Gasteiger partial charge in [0.2, 0.25) is 5.88 Å². The van der Waals surface area contributed by atoms with Crippen LogP contribution in [-0.2, 0) is 0 Å². The van der Waals surface area contributed by atoms with Crippen molar-refractivity contribution in [3.63, 3.8) is 0 Å². The van der Waals surface area contributed by atoms with Gasteiger partial charge < -0.3 is 9.64 Å². The number of fused-ring (bicyclic) bond motifs is 3. The van der Waals surface area contributed by atoms with Gasteiger partial charge in [-0.1, -0.05) is 6.07 Å². The van der Waals surface area contributed by atoms with E-state index in [9.17, 15) is 13.6 Å². The van der Waals surface area contributed by atoms with E-state index >= 15 is 0 Å². The van der Waals surface area contributed by atoms with Crippen molar-refractivity contribution in [3.8, 4) is 11.6 Å². The number of carbonyl (C=O) groups is 1. The second kappa shape index (κ2) is 7.82. The van der Waals surface area contributed by atoms with Crippen molar-refractivity contribution in [2.24, 2.45) is 5.92 Å². The Labute approximate surface area is 193 Å². The molecule has 2 aromatic carbocycles. The monoisotopic (exact) mass is 462 g/mol. The molecule has 1 aliphatic heterocycles. The van der Waals surface area contributed by atoms with Crippen LogP contribution in [0.3, 0.4) is 0 Å². The summed E-state index contributed by atoms with van der Waals surface area (Å²) in [5.74, 6) is -0.672. The molecule has 1 saturated heterocycles. The second-order valence-electron chi connectivity index (χ2n) is 8.70. The number of halogens is 2. The molecule has 0 radical (unpaired) electrons. The highest BCUT2D eigenvalue weighted by Gasteiger charge is 2.53. The molecule has 0 N–H and O–H groups in total. The standard InChI is InChI=1S/C24H20F2N6O2/c1-13-14-9-20(21(10-14)34-22-12-27-19-11-15(25)5-6-18(19)30-22)31(13)24(33)16-3-2-4-17(26)23(16)32-28-7-8-29-32/h2-8,11-14,20-21H,9-10H2,1H3/t13-,14-,20+,21-/m1/s1. The smallest absolute Gasteiger partial charge is 0.256 e. The van der Waals surface area contributed by atoms with Crippen molar-refractivity contribution in [2.45, 2.75) is 38.0 Å². The molecule has 172 valence electrons. The first-order valence-electron chi connectivity index (χ1n) is 11.1. The van der Waals surface area contributed by atoms with Crippen LogP contribution in [0, 0.1) is 17.6 Å². The summed E-state index contributed by atoms with van der Waals surface area (Å²) in [5.41, 5.74) is 1.19. The first kappa shape index (κ1) is 20.6. The van der Waals surface area contributed by atoms with Gasteiger partial charge in [-0.15, -0.1) is 4.80 Å². The van der Waals surface area contributed by atoms with Crippen LogP contribution in [0.5, 0.6) is 5.88 Å². The van der Waals surface area contributed by atoms with Gasteiger partial charge in [0.05, 0.1) is 41.2 Å². The third-order valence-corrected chi connectivity index (χ3v) is 6.81. The number of ether oxygens (including phenoxy) is 1. The topological polar surface area (TPSA) is 86.0 Å². The average molecular weight is 462 g/mol. The number of rotatable bonds is 4. The van der Waals surface area contributed by atoms with Gasteiger partial charge in [0.25, 0.3) is 5.91 Å². The van der Waals surface area contributed by atoms with E-state index in [4.69, 9.17) is 4.74 Å². The van der Waals surface area contributed by atoms with Gasteiger partial charge in [-0.05, 0) is 49.9 Å². The number of piperidine rings is 1. The number of nitrogens with zero attached hydrogens (tertiary/aromatic N) is 6. The Hall–Kier alpha value is -3.95. The molecule has 10 heteroatoms. The fraction of sp³-hybridized carbons (Fsp3) is 0.292. The summed E-state index contributed by atoms with van der Waals surface area (Å²) >= 11 is 0. The molecule has 4 aromatic rings. The maximum absolute atomic E-state index is 14.7. The van der Waals surface area contributed by atoms with Crippen LogP contribution in [0.15, 0.2) is 55.0 Å². The predicted molar refractivity (Wildman–Crippen MR) is 117 cm³/mol. The maximum Gasteiger partial charge on any atom is 0.256 e. The molecule has 1 amide bonds. The van der Waals surface area contributed by atoms with Gasteiger partial charge >= 0.3 is 0 Å². The second-order valence-corrected chi connectivity index (χ2v) is 8.70. The SMILES string of the molecule is C[C@@H]1[C@H]2C[C@@H](Oc3cnc4cc(F)ccc4n3)[C@H](C2)N1C(=O)c1cccc(F)c1-n1nccn1. The third kappa shape index (κ3) is 3.28. The number of benzene rings is 2. The molecule has 0 spiro atoms. The third-order valence-electron chi connectivity index (χ3n) is 6.81. The molecule has 2 aromatic heterocycles. The molecule has 1 saturated carbocycles. The summed E-state index contributed by atoms with van der Waals surface area (Å²) in [7, 11) is 0. The van der Waals surface area contributed by atoms with E-state index in [0.717, 1.165) is 17.6 Å². The fourth-order valence-corrected chi connectivity index (χ4v) is 5.23. The first-order chi connectivity index (χ1) is 16.5. The Morgan fingerprint density at radius 1 is 1.09 bits per heavy atom. The van der Waals surface area contributed by atoms with E-state index in [1.54, 1.807) is 17.0 Å². The fourth-order valence-electron chi connectivity index (χ4n) is 5.23. The van der Waals surface area contributed by atoms with Crippen molar-refractivity contribution in [1.29, 1.82) is 0 Å². The number of carbonyl (C=O) groups excluding carboxylic acids is 1. The number of amides is 1. The minimum absolute atomic E-state index is 0.0234. The number of aromatic nitrogens is 5. The summed E-state index contributed by atoms with van der Waals surface area (Å²) in [6.07, 6.45) is 5.62.